The van der Waals surface area contributed by atoms with Crippen molar-refractivity contribution in [3.8, 4) is 0 Å². The van der Waals surface area contributed by atoms with Gasteiger partial charge >= 0.3 is 5.97 Å². The van der Waals surface area contributed by atoms with Crippen LogP contribution < -0.4 is 5.32 Å². The highest BCUT2D eigenvalue weighted by Gasteiger charge is 2.38. The number of carboxylic acids is 1. The lowest BCUT2D eigenvalue weighted by molar-refractivity contribution is 0.0690. The van der Waals surface area contributed by atoms with Gasteiger partial charge in [-0.15, -0.1) is 0 Å². The van der Waals surface area contributed by atoms with Crippen molar-refractivity contribution in [1.82, 2.24) is 0 Å². The van der Waals surface area contributed by atoms with Crippen molar-refractivity contribution < 1.29 is 18.7 Å². The molecule has 2 rings (SSSR count). The van der Waals surface area contributed by atoms with Crippen molar-refractivity contribution in [3.05, 3.63) is 29.3 Å². The first-order valence-electron chi connectivity index (χ1n) is 5.82. The van der Waals surface area contributed by atoms with Gasteiger partial charge < -0.3 is 10.4 Å². The molecule has 1 fully saturated rings. The smallest absolute Gasteiger partial charge is 0.338 e. The third-order valence-corrected chi connectivity index (χ3v) is 3.37. The lowest BCUT2D eigenvalue weighted by Gasteiger charge is -2.28. The number of anilines is 1. The fraction of sp³-hybridized carbons (Fsp3) is 0.462. The van der Waals surface area contributed by atoms with E-state index in [4.69, 9.17) is 5.11 Å². The second kappa shape index (κ2) is 4.23. The van der Waals surface area contributed by atoms with Gasteiger partial charge in [0, 0.05) is 5.54 Å². The molecule has 0 heterocycles. The normalized spacial score (nSPS) is 15.6. The Morgan fingerprint density at radius 2 is 1.94 bits per heavy atom. The minimum absolute atomic E-state index is 0.00870. The van der Waals surface area contributed by atoms with Crippen molar-refractivity contribution in [1.29, 1.82) is 0 Å². The number of carbonyl (C=O) groups is 1. The van der Waals surface area contributed by atoms with E-state index in [0.717, 1.165) is 18.9 Å². The van der Waals surface area contributed by atoms with Gasteiger partial charge in [0.15, 0.2) is 11.6 Å². The van der Waals surface area contributed by atoms with Gasteiger partial charge in [-0.05, 0) is 44.7 Å². The molecule has 1 aliphatic rings. The SMILES string of the molecule is CC(C)(Nc1ccc(C(=O)O)c(F)c1F)C1CC1. The molecule has 0 bridgehead atoms. The highest BCUT2D eigenvalue weighted by atomic mass is 19.2. The molecule has 3 nitrogen and oxygen atoms in total. The fourth-order valence-electron chi connectivity index (χ4n) is 2.07. The monoisotopic (exact) mass is 255 g/mol. The summed E-state index contributed by atoms with van der Waals surface area (Å²) in [7, 11) is 0. The predicted molar refractivity (Wildman–Crippen MR) is 63.7 cm³/mol. The maximum Gasteiger partial charge on any atom is 0.338 e. The van der Waals surface area contributed by atoms with Gasteiger partial charge in [0.05, 0.1) is 11.3 Å². The standard InChI is InChI=1S/C13H15F2NO2/c1-13(2,7-3-4-7)16-9-6-5-8(12(17)18)10(14)11(9)15/h5-7,16H,3-4H2,1-2H3,(H,17,18). The Morgan fingerprint density at radius 3 is 2.44 bits per heavy atom. The number of rotatable bonds is 4. The molecule has 0 unspecified atom stereocenters. The number of carboxylic acid groups (broad SMARTS) is 1. The Hall–Kier alpha value is -1.65. The molecule has 1 aromatic carbocycles. The van der Waals surface area contributed by atoms with Gasteiger partial charge in [0.25, 0.3) is 0 Å². The minimum Gasteiger partial charge on any atom is -0.478 e. The summed E-state index contributed by atoms with van der Waals surface area (Å²) >= 11 is 0. The van der Waals surface area contributed by atoms with E-state index < -0.39 is 23.2 Å². The van der Waals surface area contributed by atoms with Gasteiger partial charge in [0.2, 0.25) is 0 Å². The van der Waals surface area contributed by atoms with E-state index in [1.54, 1.807) is 0 Å². The quantitative estimate of drug-likeness (QED) is 0.868. The Balaban J connectivity index is 2.29. The van der Waals surface area contributed by atoms with Gasteiger partial charge in [-0.25, -0.2) is 13.6 Å². The molecule has 0 atom stereocenters. The molecular formula is C13H15F2NO2. The average Bonchev–Trinajstić information content (AvgIpc) is 3.08. The molecule has 5 heteroatoms. The lowest BCUT2D eigenvalue weighted by Crippen LogP contribution is -2.33. The maximum atomic E-state index is 13.7. The number of halogens is 2. The second-order valence-corrected chi connectivity index (χ2v) is 5.21. The summed E-state index contributed by atoms with van der Waals surface area (Å²) in [5, 5.41) is 11.6. The summed E-state index contributed by atoms with van der Waals surface area (Å²) in [4.78, 5) is 10.7. The van der Waals surface area contributed by atoms with Gasteiger partial charge in [-0.1, -0.05) is 0 Å². The zero-order valence-corrected chi connectivity index (χ0v) is 10.3. The van der Waals surface area contributed by atoms with Gasteiger partial charge in [-0.3, -0.25) is 0 Å². The van der Waals surface area contributed by atoms with Crippen LogP contribution in [0.2, 0.25) is 0 Å². The summed E-state index contributed by atoms with van der Waals surface area (Å²) < 4.78 is 27.2. The minimum atomic E-state index is -1.47. The number of hydrogen-bond acceptors (Lipinski definition) is 2. The van der Waals surface area contributed by atoms with Crippen molar-refractivity contribution >= 4 is 11.7 Å². The summed E-state index contributed by atoms with van der Waals surface area (Å²) in [6.45, 7) is 3.85. The maximum absolute atomic E-state index is 13.7. The van der Waals surface area contributed by atoms with Crippen LogP contribution in [0.15, 0.2) is 12.1 Å². The van der Waals surface area contributed by atoms with Crippen LogP contribution in [0.1, 0.15) is 37.0 Å². The number of benzene rings is 1. The molecule has 98 valence electrons. The molecule has 0 spiro atoms. The van der Waals surface area contributed by atoms with E-state index in [2.05, 4.69) is 5.32 Å². The summed E-state index contributed by atoms with van der Waals surface area (Å²) in [5.74, 6) is -3.48. The topological polar surface area (TPSA) is 49.3 Å². The molecule has 18 heavy (non-hydrogen) atoms. The van der Waals surface area contributed by atoms with Crippen LogP contribution in [0, 0.1) is 17.6 Å². The van der Waals surface area contributed by atoms with Crippen LogP contribution >= 0.6 is 0 Å². The summed E-state index contributed by atoms with van der Waals surface area (Å²) in [5.41, 5.74) is -0.963. The average molecular weight is 255 g/mol. The van der Waals surface area contributed by atoms with Crippen molar-refractivity contribution in [3.63, 3.8) is 0 Å². The molecule has 1 aromatic rings. The van der Waals surface area contributed by atoms with E-state index in [9.17, 15) is 13.6 Å². The Kier molecular flexibility index (Phi) is 3.00. The van der Waals surface area contributed by atoms with E-state index in [1.807, 2.05) is 13.8 Å². The van der Waals surface area contributed by atoms with Gasteiger partial charge in [0.1, 0.15) is 0 Å². The molecule has 1 saturated carbocycles. The third-order valence-electron chi connectivity index (χ3n) is 3.37. The largest absolute Gasteiger partial charge is 0.478 e. The van der Waals surface area contributed by atoms with Crippen LogP contribution in [0.5, 0.6) is 0 Å². The fourth-order valence-corrected chi connectivity index (χ4v) is 2.07. The lowest BCUT2D eigenvalue weighted by atomic mass is 9.98. The van der Waals surface area contributed by atoms with Gasteiger partial charge in [-0.2, -0.15) is 0 Å². The highest BCUT2D eigenvalue weighted by molar-refractivity contribution is 5.88. The van der Waals surface area contributed by atoms with Crippen molar-refractivity contribution in [2.45, 2.75) is 32.2 Å². The zero-order chi connectivity index (χ0) is 13.5. The molecule has 0 aromatic heterocycles. The van der Waals surface area contributed by atoms with Crippen LogP contribution in [0.25, 0.3) is 0 Å². The molecule has 0 saturated heterocycles. The van der Waals surface area contributed by atoms with Crippen LogP contribution in [-0.2, 0) is 0 Å². The Morgan fingerprint density at radius 1 is 1.33 bits per heavy atom. The first-order chi connectivity index (χ1) is 8.33. The molecule has 1 aliphatic carbocycles. The number of aromatic carboxylic acids is 1. The second-order valence-electron chi connectivity index (χ2n) is 5.21. The van der Waals surface area contributed by atoms with E-state index in [-0.39, 0.29) is 11.2 Å². The first-order valence-corrected chi connectivity index (χ1v) is 5.82. The number of nitrogens with one attached hydrogen (secondary N) is 1. The molecular weight excluding hydrogens is 240 g/mol. The van der Waals surface area contributed by atoms with Crippen LogP contribution in [0.4, 0.5) is 14.5 Å². The summed E-state index contributed by atoms with van der Waals surface area (Å²) in [6, 6.07) is 2.35. The Labute approximate surface area is 104 Å². The molecule has 2 N–H and O–H groups in total. The molecule has 0 amide bonds. The summed E-state index contributed by atoms with van der Waals surface area (Å²) in [6.07, 6.45) is 2.13. The van der Waals surface area contributed by atoms with E-state index in [1.165, 1.54) is 6.07 Å². The predicted octanol–water partition coefficient (Wildman–Crippen LogP) is 3.26. The molecule has 0 aliphatic heterocycles. The third kappa shape index (κ3) is 2.30. The van der Waals surface area contributed by atoms with Crippen LogP contribution in [-0.4, -0.2) is 16.6 Å². The van der Waals surface area contributed by atoms with Crippen molar-refractivity contribution in [2.75, 3.05) is 5.32 Å². The zero-order valence-electron chi connectivity index (χ0n) is 10.3. The van der Waals surface area contributed by atoms with Crippen molar-refractivity contribution in [2.24, 2.45) is 5.92 Å². The Bertz CT molecular complexity index is 496. The number of hydrogen-bond donors (Lipinski definition) is 2. The first kappa shape index (κ1) is 12.8. The van der Waals surface area contributed by atoms with Crippen LogP contribution in [0.3, 0.4) is 0 Å². The van der Waals surface area contributed by atoms with E-state index in [0.29, 0.717) is 5.92 Å². The highest BCUT2D eigenvalue weighted by Crippen LogP contribution is 2.41. The van der Waals surface area contributed by atoms with E-state index >= 15 is 0 Å². The molecule has 0 radical (unpaired) electrons.